The summed E-state index contributed by atoms with van der Waals surface area (Å²) in [6, 6.07) is 0. The molecule has 7 nitrogen and oxygen atoms in total. The zero-order chi connectivity index (χ0) is 20.1. The molecule has 9 heteroatoms. The van der Waals surface area contributed by atoms with Crippen molar-refractivity contribution in [3.63, 3.8) is 0 Å². The van der Waals surface area contributed by atoms with E-state index in [1.807, 2.05) is 0 Å². The second kappa shape index (κ2) is 9.63. The van der Waals surface area contributed by atoms with Gasteiger partial charge in [0.15, 0.2) is 0 Å². The van der Waals surface area contributed by atoms with E-state index >= 15 is 0 Å². The van der Waals surface area contributed by atoms with Crippen LogP contribution in [0.25, 0.3) is 0 Å². The van der Waals surface area contributed by atoms with Crippen LogP contribution in [0.5, 0.6) is 0 Å². The van der Waals surface area contributed by atoms with E-state index in [9.17, 15) is 9.00 Å². The number of carbonyl (C=O) groups excluding carboxylic acids is 1. The monoisotopic (exact) mass is 428 g/mol. The lowest BCUT2D eigenvalue weighted by Gasteiger charge is -2.27. The second-order valence-corrected chi connectivity index (χ2v) is 11.3. The number of carbonyl (C=O) groups is 1. The molecule has 0 radical (unpaired) electrons. The van der Waals surface area contributed by atoms with Crippen molar-refractivity contribution >= 4 is 32.3 Å². The third-order valence-electron chi connectivity index (χ3n) is 5.37. The topological polar surface area (TPSA) is 84.8 Å². The minimum atomic E-state index is -2.51. The third kappa shape index (κ3) is 5.51. The van der Waals surface area contributed by atoms with Gasteiger partial charge in [0, 0.05) is 54.6 Å². The Morgan fingerprint density at radius 3 is 2.93 bits per heavy atom. The Morgan fingerprint density at radius 1 is 1.39 bits per heavy atom. The van der Waals surface area contributed by atoms with Crippen molar-refractivity contribution < 1.29 is 13.7 Å². The van der Waals surface area contributed by atoms with Gasteiger partial charge in [-0.05, 0) is 25.7 Å². The Balaban J connectivity index is 1.65. The smallest absolute Gasteiger partial charge is 0.257 e. The number of aromatic nitrogens is 2. The van der Waals surface area contributed by atoms with E-state index in [-0.39, 0.29) is 17.9 Å². The van der Waals surface area contributed by atoms with Gasteiger partial charge in [0.2, 0.25) is 5.13 Å². The first-order valence-electron chi connectivity index (χ1n) is 10.4. The lowest BCUT2D eigenvalue weighted by Crippen LogP contribution is -2.30. The number of amides is 1. The molecule has 3 heterocycles. The Morgan fingerprint density at radius 2 is 2.21 bits per heavy atom. The van der Waals surface area contributed by atoms with Gasteiger partial charge in [-0.2, -0.15) is 8.74 Å². The highest BCUT2D eigenvalue weighted by molar-refractivity contribution is 7.93. The average Bonchev–Trinajstić information content (AvgIpc) is 3.08. The number of ether oxygens (including phenoxy) is 1. The van der Waals surface area contributed by atoms with Gasteiger partial charge in [-0.15, -0.1) is 0 Å². The molecule has 0 spiro atoms. The molecule has 2 saturated heterocycles. The molecule has 3 rings (SSSR count). The van der Waals surface area contributed by atoms with Gasteiger partial charge in [-0.25, -0.2) is 9.19 Å². The van der Waals surface area contributed by atoms with Crippen LogP contribution in [0.3, 0.4) is 0 Å². The zero-order valence-corrected chi connectivity index (χ0v) is 18.8. The van der Waals surface area contributed by atoms with E-state index in [1.165, 1.54) is 11.5 Å². The highest BCUT2D eigenvalue weighted by atomic mass is 32.2. The minimum Gasteiger partial charge on any atom is -0.378 e. The van der Waals surface area contributed by atoms with Crippen molar-refractivity contribution in [2.75, 3.05) is 36.1 Å². The Bertz CT molecular complexity index is 784. The molecule has 0 N–H and O–H groups in total. The standard InChI is InChI=1S/C19H32N4O3S2/c1-4-6-16-13-15(7-10-26-16)18(24)22-28(25)11-5-8-23(9-12-28)19-20-17(14(2)3)21-27-19/h14-16H,4-13H2,1-3H3. The van der Waals surface area contributed by atoms with Crippen LogP contribution in [0.15, 0.2) is 4.36 Å². The molecule has 0 aromatic carbocycles. The molecule has 2 aliphatic rings. The number of hydrogen-bond acceptors (Lipinski definition) is 7. The molecule has 28 heavy (non-hydrogen) atoms. The molecule has 1 aromatic rings. The summed E-state index contributed by atoms with van der Waals surface area (Å²) in [4.78, 5) is 19.5. The highest BCUT2D eigenvalue weighted by Gasteiger charge is 2.29. The zero-order valence-electron chi connectivity index (χ0n) is 17.1. The van der Waals surface area contributed by atoms with Crippen LogP contribution in [-0.2, 0) is 19.3 Å². The molecule has 0 aliphatic carbocycles. The molecule has 3 unspecified atom stereocenters. The molecular formula is C19H32N4O3S2. The summed E-state index contributed by atoms with van der Waals surface area (Å²) in [5, 5.41) is 0.880. The predicted molar refractivity (Wildman–Crippen MR) is 114 cm³/mol. The average molecular weight is 429 g/mol. The molecule has 0 saturated carbocycles. The van der Waals surface area contributed by atoms with Gasteiger partial charge in [0.25, 0.3) is 5.91 Å². The van der Waals surface area contributed by atoms with Crippen LogP contribution in [0, 0.1) is 5.92 Å². The summed E-state index contributed by atoms with van der Waals surface area (Å²) in [7, 11) is -2.51. The Kier molecular flexibility index (Phi) is 7.44. The van der Waals surface area contributed by atoms with E-state index in [0.717, 1.165) is 36.8 Å². The predicted octanol–water partition coefficient (Wildman–Crippen LogP) is 3.46. The van der Waals surface area contributed by atoms with Crippen molar-refractivity contribution in [2.45, 2.75) is 64.9 Å². The molecule has 3 atom stereocenters. The highest BCUT2D eigenvalue weighted by Crippen LogP contribution is 2.26. The van der Waals surface area contributed by atoms with E-state index in [0.29, 0.717) is 43.4 Å². The van der Waals surface area contributed by atoms with Crippen LogP contribution in [0.2, 0.25) is 0 Å². The van der Waals surface area contributed by atoms with E-state index in [1.54, 1.807) is 0 Å². The third-order valence-corrected chi connectivity index (χ3v) is 8.42. The van der Waals surface area contributed by atoms with Crippen molar-refractivity contribution in [1.29, 1.82) is 0 Å². The van der Waals surface area contributed by atoms with Gasteiger partial charge in [0.05, 0.1) is 15.8 Å². The second-order valence-electron chi connectivity index (χ2n) is 8.04. The first kappa shape index (κ1) is 21.6. The van der Waals surface area contributed by atoms with Gasteiger partial charge < -0.3 is 9.64 Å². The first-order chi connectivity index (χ1) is 13.4. The summed E-state index contributed by atoms with van der Waals surface area (Å²) < 4.78 is 27.7. The maximum atomic E-state index is 13.3. The summed E-state index contributed by atoms with van der Waals surface area (Å²) >= 11 is 1.40. The number of nitrogens with zero attached hydrogens (tertiary/aromatic N) is 4. The van der Waals surface area contributed by atoms with Crippen LogP contribution in [0.4, 0.5) is 5.13 Å². The molecular weight excluding hydrogens is 396 g/mol. The minimum absolute atomic E-state index is 0.137. The lowest BCUT2D eigenvalue weighted by molar-refractivity contribution is -0.126. The molecule has 158 valence electrons. The number of rotatable bonds is 5. The fourth-order valence-electron chi connectivity index (χ4n) is 3.69. The molecule has 1 amide bonds. The van der Waals surface area contributed by atoms with Gasteiger partial charge in [0.1, 0.15) is 5.82 Å². The largest absolute Gasteiger partial charge is 0.378 e. The van der Waals surface area contributed by atoms with Crippen molar-refractivity contribution in [2.24, 2.45) is 10.3 Å². The van der Waals surface area contributed by atoms with Crippen LogP contribution >= 0.6 is 11.5 Å². The summed E-state index contributed by atoms with van der Waals surface area (Å²) in [5.41, 5.74) is 0. The van der Waals surface area contributed by atoms with Crippen LogP contribution in [0.1, 0.15) is 64.6 Å². The summed E-state index contributed by atoms with van der Waals surface area (Å²) in [5.74, 6) is 1.72. The van der Waals surface area contributed by atoms with Crippen molar-refractivity contribution in [3.8, 4) is 0 Å². The van der Waals surface area contributed by atoms with Crippen molar-refractivity contribution in [3.05, 3.63) is 5.82 Å². The van der Waals surface area contributed by atoms with Crippen molar-refractivity contribution in [1.82, 2.24) is 9.36 Å². The van der Waals surface area contributed by atoms with Crippen LogP contribution < -0.4 is 4.90 Å². The van der Waals surface area contributed by atoms with E-state index in [4.69, 9.17) is 4.74 Å². The Hall–Kier alpha value is -1.06. The Labute approximate surface area is 172 Å². The van der Waals surface area contributed by atoms with Crippen LogP contribution in [-0.4, -0.2) is 56.8 Å². The maximum Gasteiger partial charge on any atom is 0.257 e. The van der Waals surface area contributed by atoms with Gasteiger partial charge >= 0.3 is 0 Å². The molecule has 2 aliphatic heterocycles. The number of hydrogen-bond donors (Lipinski definition) is 0. The first-order valence-corrected chi connectivity index (χ1v) is 13.0. The lowest BCUT2D eigenvalue weighted by atomic mass is 9.93. The van der Waals surface area contributed by atoms with E-state index < -0.39 is 9.73 Å². The number of anilines is 1. The van der Waals surface area contributed by atoms with Gasteiger partial charge in [-0.3, -0.25) is 4.79 Å². The fraction of sp³-hybridized carbons (Fsp3) is 0.842. The quantitative estimate of drug-likeness (QED) is 0.714. The molecule has 1 aromatic heterocycles. The summed E-state index contributed by atoms with van der Waals surface area (Å²) in [6.07, 6.45) is 4.29. The fourth-order valence-corrected chi connectivity index (χ4v) is 6.49. The SMILES string of the molecule is CCCC1CC(C(=O)N=S2(=O)CCCN(c3nc(C(C)C)ns3)CC2)CCO1. The normalized spacial score (nSPS) is 28.9. The molecule has 0 bridgehead atoms. The van der Waals surface area contributed by atoms with Gasteiger partial charge in [-0.1, -0.05) is 27.2 Å². The van der Waals surface area contributed by atoms with E-state index in [2.05, 4.69) is 39.4 Å². The maximum absolute atomic E-state index is 13.3. The summed E-state index contributed by atoms with van der Waals surface area (Å²) in [6.45, 7) is 8.26. The molecule has 2 fully saturated rings.